The second kappa shape index (κ2) is 6.81. The summed E-state index contributed by atoms with van der Waals surface area (Å²) in [4.78, 5) is 14.4. The fraction of sp³-hybridized carbons (Fsp3) is 0.923. The van der Waals surface area contributed by atoms with Crippen molar-refractivity contribution < 1.29 is 13.2 Å². The van der Waals surface area contributed by atoms with E-state index in [4.69, 9.17) is 5.73 Å². The highest BCUT2D eigenvalue weighted by Gasteiger charge is 2.41. The normalized spacial score (nSPS) is 33.6. The molecule has 0 aromatic rings. The second-order valence-electron chi connectivity index (χ2n) is 6.46. The van der Waals surface area contributed by atoms with Gasteiger partial charge < -0.3 is 10.6 Å². The van der Waals surface area contributed by atoms with E-state index < -0.39 is 15.6 Å². The van der Waals surface area contributed by atoms with Crippen molar-refractivity contribution in [2.75, 3.05) is 19.3 Å². The first-order valence-corrected chi connectivity index (χ1v) is 9.13. The summed E-state index contributed by atoms with van der Waals surface area (Å²) in [5.41, 5.74) is 5.84. The first-order chi connectivity index (χ1) is 9.19. The van der Waals surface area contributed by atoms with Crippen LogP contribution in [0.2, 0.25) is 0 Å². The number of carbonyl (C=O) groups excluding carboxylic acids is 1. The van der Waals surface area contributed by atoms with E-state index in [1.807, 2.05) is 6.92 Å². The lowest BCUT2D eigenvalue weighted by Crippen LogP contribution is -2.53. The maximum absolute atomic E-state index is 12.6. The topological polar surface area (TPSA) is 92.5 Å². The number of hydrogen-bond donors (Lipinski definition) is 2. The minimum atomic E-state index is -3.22. The average Bonchev–Trinajstić information content (AvgIpc) is 2.73. The molecule has 3 N–H and O–H groups in total. The molecule has 1 aliphatic carbocycles. The van der Waals surface area contributed by atoms with Gasteiger partial charge in [0, 0.05) is 24.7 Å². The van der Waals surface area contributed by atoms with E-state index in [1.54, 1.807) is 4.90 Å². The molecule has 21 heavy (non-hydrogen) atoms. The molecule has 1 saturated heterocycles. The van der Waals surface area contributed by atoms with Crippen LogP contribution in [0, 0.1) is 5.92 Å². The van der Waals surface area contributed by atoms with Gasteiger partial charge in [0.05, 0.1) is 12.2 Å². The van der Waals surface area contributed by atoms with Gasteiger partial charge in [0.15, 0.2) is 0 Å². The highest BCUT2D eigenvalue weighted by molar-refractivity contribution is 7.88. The van der Waals surface area contributed by atoms with E-state index in [1.165, 1.54) is 0 Å². The maximum atomic E-state index is 12.6. The van der Waals surface area contributed by atoms with Gasteiger partial charge in [-0.3, -0.25) is 4.79 Å². The first kappa shape index (κ1) is 18.7. The Bertz CT molecular complexity index is 481. The Morgan fingerprint density at radius 3 is 2.57 bits per heavy atom. The number of amides is 1. The third-order valence-corrected chi connectivity index (χ3v) is 5.19. The molecular formula is C13H26ClN3O3S. The van der Waals surface area contributed by atoms with Gasteiger partial charge in [-0.25, -0.2) is 13.1 Å². The zero-order valence-electron chi connectivity index (χ0n) is 12.7. The van der Waals surface area contributed by atoms with Gasteiger partial charge in [-0.05, 0) is 26.2 Å². The molecule has 0 spiro atoms. The van der Waals surface area contributed by atoms with Crippen LogP contribution in [-0.4, -0.2) is 50.2 Å². The maximum Gasteiger partial charge on any atom is 0.227 e. The Morgan fingerprint density at radius 1 is 1.33 bits per heavy atom. The number of rotatable bonds is 3. The largest absolute Gasteiger partial charge is 0.341 e. The Kier molecular flexibility index (Phi) is 6.06. The first-order valence-electron chi connectivity index (χ1n) is 7.24. The van der Waals surface area contributed by atoms with Crippen molar-refractivity contribution in [3.05, 3.63) is 0 Å². The lowest BCUT2D eigenvalue weighted by Gasteiger charge is -2.39. The molecule has 2 aliphatic rings. The predicted molar refractivity (Wildman–Crippen MR) is 84.8 cm³/mol. The Balaban J connectivity index is 0.00000220. The molecule has 0 bridgehead atoms. The second-order valence-corrected chi connectivity index (χ2v) is 8.24. The molecule has 0 radical (unpaired) electrons. The highest BCUT2D eigenvalue weighted by atomic mass is 35.5. The number of nitrogens with zero attached hydrogens (tertiary/aromatic N) is 1. The highest BCUT2D eigenvalue weighted by Crippen LogP contribution is 2.33. The molecule has 0 aromatic carbocycles. The monoisotopic (exact) mass is 339 g/mol. The molecule has 2 fully saturated rings. The number of nitrogens with two attached hydrogens (primary N) is 1. The number of likely N-dealkylation sites (tertiary alicyclic amines) is 1. The number of hydrogen-bond acceptors (Lipinski definition) is 4. The van der Waals surface area contributed by atoms with Gasteiger partial charge in [0.2, 0.25) is 15.9 Å². The summed E-state index contributed by atoms with van der Waals surface area (Å²) in [6.45, 7) is 3.02. The molecule has 3 unspecified atom stereocenters. The van der Waals surface area contributed by atoms with E-state index in [0.717, 1.165) is 31.9 Å². The SMILES string of the molecule is CC1(N)CCCCC1C(=O)N1CCC(NS(C)(=O)=O)C1.Cl. The quantitative estimate of drug-likeness (QED) is 0.781. The molecule has 2 rings (SSSR count). The molecule has 124 valence electrons. The number of nitrogens with one attached hydrogen (secondary N) is 1. The van der Waals surface area contributed by atoms with E-state index in [0.29, 0.717) is 19.5 Å². The Labute approximate surface area is 133 Å². The minimum absolute atomic E-state index is 0. The van der Waals surface area contributed by atoms with Crippen molar-refractivity contribution in [2.45, 2.75) is 50.6 Å². The van der Waals surface area contributed by atoms with E-state index in [-0.39, 0.29) is 30.3 Å². The lowest BCUT2D eigenvalue weighted by atomic mass is 9.74. The smallest absolute Gasteiger partial charge is 0.227 e. The van der Waals surface area contributed by atoms with Crippen LogP contribution in [0.5, 0.6) is 0 Å². The summed E-state index contributed by atoms with van der Waals surface area (Å²) < 4.78 is 25.0. The van der Waals surface area contributed by atoms with Gasteiger partial charge >= 0.3 is 0 Å². The number of halogens is 1. The average molecular weight is 340 g/mol. The standard InChI is InChI=1S/C13H25N3O3S.ClH/c1-13(14)7-4-3-5-11(13)12(17)16-8-6-10(9-16)15-20(2,18)19;/h10-11,15H,3-9,14H2,1-2H3;1H. The van der Waals surface area contributed by atoms with E-state index >= 15 is 0 Å². The van der Waals surface area contributed by atoms with Crippen molar-refractivity contribution in [1.82, 2.24) is 9.62 Å². The van der Waals surface area contributed by atoms with Gasteiger partial charge in [0.25, 0.3) is 0 Å². The van der Waals surface area contributed by atoms with Gasteiger partial charge in [-0.15, -0.1) is 12.4 Å². The zero-order valence-corrected chi connectivity index (χ0v) is 14.3. The van der Waals surface area contributed by atoms with Gasteiger partial charge in [-0.1, -0.05) is 12.8 Å². The fourth-order valence-corrected chi connectivity index (χ4v) is 4.14. The Morgan fingerprint density at radius 2 is 2.00 bits per heavy atom. The molecule has 1 heterocycles. The van der Waals surface area contributed by atoms with E-state index in [2.05, 4.69) is 4.72 Å². The molecule has 1 amide bonds. The summed E-state index contributed by atoms with van der Waals surface area (Å²) in [7, 11) is -3.22. The van der Waals surface area contributed by atoms with Crippen molar-refractivity contribution in [2.24, 2.45) is 11.7 Å². The van der Waals surface area contributed by atoms with Crippen molar-refractivity contribution in [3.63, 3.8) is 0 Å². The summed E-state index contributed by atoms with van der Waals surface area (Å²) >= 11 is 0. The third-order valence-electron chi connectivity index (χ3n) is 4.43. The third kappa shape index (κ3) is 4.81. The van der Waals surface area contributed by atoms with Crippen molar-refractivity contribution >= 4 is 28.3 Å². The van der Waals surface area contributed by atoms with Crippen LogP contribution < -0.4 is 10.5 Å². The van der Waals surface area contributed by atoms with Crippen LogP contribution in [0.4, 0.5) is 0 Å². The van der Waals surface area contributed by atoms with Crippen molar-refractivity contribution in [1.29, 1.82) is 0 Å². The van der Waals surface area contributed by atoms with Gasteiger partial charge in [0.1, 0.15) is 0 Å². The van der Waals surface area contributed by atoms with Crippen LogP contribution in [0.25, 0.3) is 0 Å². The van der Waals surface area contributed by atoms with Crippen LogP contribution in [0.1, 0.15) is 39.0 Å². The fourth-order valence-electron chi connectivity index (χ4n) is 3.34. The summed E-state index contributed by atoms with van der Waals surface area (Å²) in [6.07, 6.45) is 5.66. The van der Waals surface area contributed by atoms with E-state index in [9.17, 15) is 13.2 Å². The lowest BCUT2D eigenvalue weighted by molar-refractivity contribution is -0.137. The molecule has 1 saturated carbocycles. The molecule has 3 atom stereocenters. The molecule has 0 aromatic heterocycles. The zero-order chi connectivity index (χ0) is 15.0. The number of sulfonamides is 1. The summed E-state index contributed by atoms with van der Waals surface area (Å²) in [6, 6.07) is -0.165. The van der Waals surface area contributed by atoms with Crippen LogP contribution in [-0.2, 0) is 14.8 Å². The summed E-state index contributed by atoms with van der Waals surface area (Å²) in [5, 5.41) is 0. The van der Waals surface area contributed by atoms with Crippen LogP contribution in [0.3, 0.4) is 0 Å². The molecule has 8 heteroatoms. The Hall–Kier alpha value is -0.370. The van der Waals surface area contributed by atoms with Crippen LogP contribution >= 0.6 is 12.4 Å². The molecular weight excluding hydrogens is 314 g/mol. The molecule has 6 nitrogen and oxygen atoms in total. The number of carbonyl (C=O) groups is 1. The van der Waals surface area contributed by atoms with Crippen molar-refractivity contribution in [3.8, 4) is 0 Å². The summed E-state index contributed by atoms with van der Waals surface area (Å²) in [5.74, 6) is -0.0410. The molecule has 1 aliphatic heterocycles. The van der Waals surface area contributed by atoms with Crippen LogP contribution in [0.15, 0.2) is 0 Å². The minimum Gasteiger partial charge on any atom is -0.341 e. The van der Waals surface area contributed by atoms with Gasteiger partial charge in [-0.2, -0.15) is 0 Å². The predicted octanol–water partition coefficient (Wildman–Crippen LogP) is 0.466.